The molecule has 15 heavy (non-hydrogen) atoms. The van der Waals surface area contributed by atoms with Crippen LogP contribution in [0.4, 0.5) is 8.78 Å². The molecule has 1 aromatic carbocycles. The van der Waals surface area contributed by atoms with E-state index in [1.807, 2.05) is 12.1 Å². The third-order valence-corrected chi connectivity index (χ3v) is 2.28. The minimum absolute atomic E-state index is 0.118. The van der Waals surface area contributed by atoms with E-state index in [4.69, 9.17) is 0 Å². The maximum Gasteiger partial charge on any atom is 0.345 e. The summed E-state index contributed by atoms with van der Waals surface area (Å²) in [6.45, 7) is -0.425. The highest BCUT2D eigenvalue weighted by molar-refractivity contribution is 5.22. The number of aryl methyl sites for hydroxylation is 2. The normalized spacial score (nSPS) is 10.9. The van der Waals surface area contributed by atoms with Gasteiger partial charge >= 0.3 is 6.61 Å². The molecule has 0 radical (unpaired) electrons. The van der Waals surface area contributed by atoms with E-state index in [1.165, 1.54) is 11.1 Å². The minimum atomic E-state index is -2.65. The molecule has 0 N–H and O–H groups in total. The van der Waals surface area contributed by atoms with E-state index in [0.29, 0.717) is 6.42 Å². The van der Waals surface area contributed by atoms with Crippen LogP contribution in [0.15, 0.2) is 24.3 Å². The number of rotatable bonds is 6. The van der Waals surface area contributed by atoms with Gasteiger partial charge in [-0.2, -0.15) is 8.78 Å². The van der Waals surface area contributed by atoms with Crippen LogP contribution in [0.1, 0.15) is 24.5 Å². The summed E-state index contributed by atoms with van der Waals surface area (Å²) < 4.78 is 27.4. The van der Waals surface area contributed by atoms with Crippen LogP contribution in [-0.4, -0.2) is 13.2 Å². The molecule has 0 saturated carbocycles. The molecule has 0 atom stereocenters. The summed E-state index contributed by atoms with van der Waals surface area (Å²) in [6.07, 6.45) is 2.45. The lowest BCUT2D eigenvalue weighted by atomic mass is 10.1. The van der Waals surface area contributed by atoms with Gasteiger partial charge in [0.2, 0.25) is 0 Å². The molecule has 0 aliphatic heterocycles. The van der Waals surface area contributed by atoms with Crippen molar-refractivity contribution >= 4 is 0 Å². The van der Waals surface area contributed by atoms with Crippen molar-refractivity contribution in [3.63, 3.8) is 0 Å². The first-order valence-electron chi connectivity index (χ1n) is 5.20. The van der Waals surface area contributed by atoms with Gasteiger partial charge in [0.15, 0.2) is 0 Å². The van der Waals surface area contributed by atoms with E-state index in [9.17, 15) is 8.78 Å². The summed E-state index contributed by atoms with van der Waals surface area (Å²) in [5.41, 5.74) is 2.47. The monoisotopic (exact) mass is 214 g/mol. The average molecular weight is 214 g/mol. The molecule has 1 rings (SSSR count). The van der Waals surface area contributed by atoms with Crippen molar-refractivity contribution in [3.8, 4) is 0 Å². The maximum atomic E-state index is 11.6. The van der Waals surface area contributed by atoms with Gasteiger partial charge in [0.05, 0.1) is 6.61 Å². The summed E-state index contributed by atoms with van der Waals surface area (Å²) in [5, 5.41) is 0. The van der Waals surface area contributed by atoms with Crippen molar-refractivity contribution < 1.29 is 13.5 Å². The summed E-state index contributed by atoms with van der Waals surface area (Å²) in [7, 11) is 0. The van der Waals surface area contributed by atoms with E-state index in [1.54, 1.807) is 0 Å². The molecule has 3 heteroatoms. The molecule has 0 amide bonds. The molecule has 0 aromatic heterocycles. The molecule has 0 saturated heterocycles. The number of halogens is 2. The van der Waals surface area contributed by atoms with Gasteiger partial charge in [-0.05, 0) is 30.4 Å². The first-order valence-corrected chi connectivity index (χ1v) is 5.20. The van der Waals surface area contributed by atoms with Crippen molar-refractivity contribution in [3.05, 3.63) is 35.4 Å². The second-order valence-electron chi connectivity index (χ2n) is 3.41. The number of hydrogen-bond donors (Lipinski definition) is 0. The van der Waals surface area contributed by atoms with Gasteiger partial charge in [-0.1, -0.05) is 31.2 Å². The van der Waals surface area contributed by atoms with Crippen LogP contribution >= 0.6 is 0 Å². The molecule has 0 fully saturated rings. The molecular formula is C12H16F2O. The van der Waals surface area contributed by atoms with Crippen molar-refractivity contribution in [1.82, 2.24) is 0 Å². The fourth-order valence-corrected chi connectivity index (χ4v) is 1.39. The number of alkyl halides is 2. The van der Waals surface area contributed by atoms with E-state index in [-0.39, 0.29) is 6.61 Å². The first-order chi connectivity index (χ1) is 7.22. The standard InChI is InChI=1S/C12H16F2O/c1-2-10-5-7-11(8-6-10)4-3-9-15-12(13)14/h5-8,12H,2-4,9H2,1H3. The van der Waals surface area contributed by atoms with Crippen LogP contribution in [0.3, 0.4) is 0 Å². The van der Waals surface area contributed by atoms with Gasteiger partial charge in [0, 0.05) is 0 Å². The highest BCUT2D eigenvalue weighted by Crippen LogP contribution is 2.07. The predicted molar refractivity (Wildman–Crippen MR) is 56.1 cm³/mol. The van der Waals surface area contributed by atoms with Crippen LogP contribution in [0, 0.1) is 0 Å². The number of hydrogen-bond acceptors (Lipinski definition) is 1. The summed E-state index contributed by atoms with van der Waals surface area (Å²) in [6, 6.07) is 8.23. The van der Waals surface area contributed by atoms with E-state index < -0.39 is 6.61 Å². The SMILES string of the molecule is CCc1ccc(CCCOC(F)F)cc1. The van der Waals surface area contributed by atoms with E-state index in [0.717, 1.165) is 12.8 Å². The fourth-order valence-electron chi connectivity index (χ4n) is 1.39. The Kier molecular flexibility index (Phi) is 5.26. The third kappa shape index (κ3) is 4.88. The molecule has 0 spiro atoms. The third-order valence-electron chi connectivity index (χ3n) is 2.28. The Morgan fingerprint density at radius 3 is 2.27 bits per heavy atom. The highest BCUT2D eigenvalue weighted by Gasteiger charge is 2.00. The van der Waals surface area contributed by atoms with Crippen LogP contribution in [0.5, 0.6) is 0 Å². The van der Waals surface area contributed by atoms with Gasteiger partial charge in [-0.3, -0.25) is 0 Å². The van der Waals surface area contributed by atoms with Gasteiger partial charge in [0.25, 0.3) is 0 Å². The van der Waals surface area contributed by atoms with Gasteiger partial charge in [0.1, 0.15) is 0 Å². The summed E-state index contributed by atoms with van der Waals surface area (Å²) in [5.74, 6) is 0. The topological polar surface area (TPSA) is 9.23 Å². The summed E-state index contributed by atoms with van der Waals surface area (Å²) >= 11 is 0. The predicted octanol–water partition coefficient (Wildman–Crippen LogP) is 3.42. The quantitative estimate of drug-likeness (QED) is 0.659. The molecular weight excluding hydrogens is 198 g/mol. The fraction of sp³-hybridized carbons (Fsp3) is 0.500. The zero-order valence-electron chi connectivity index (χ0n) is 8.88. The number of ether oxygens (including phenoxy) is 1. The van der Waals surface area contributed by atoms with Crippen LogP contribution in [-0.2, 0) is 17.6 Å². The molecule has 0 heterocycles. The Morgan fingerprint density at radius 2 is 1.73 bits per heavy atom. The maximum absolute atomic E-state index is 11.6. The van der Waals surface area contributed by atoms with E-state index in [2.05, 4.69) is 23.8 Å². The molecule has 0 bridgehead atoms. The van der Waals surface area contributed by atoms with Crippen molar-refractivity contribution in [2.75, 3.05) is 6.61 Å². The Labute approximate surface area is 89.1 Å². The van der Waals surface area contributed by atoms with Crippen LogP contribution in [0.25, 0.3) is 0 Å². The van der Waals surface area contributed by atoms with Gasteiger partial charge in [-0.15, -0.1) is 0 Å². The average Bonchev–Trinajstić information content (AvgIpc) is 2.25. The molecule has 0 aliphatic rings. The lowest BCUT2D eigenvalue weighted by molar-refractivity contribution is -0.129. The van der Waals surface area contributed by atoms with Crippen LogP contribution in [0.2, 0.25) is 0 Å². The molecule has 0 unspecified atom stereocenters. The van der Waals surface area contributed by atoms with Crippen molar-refractivity contribution in [1.29, 1.82) is 0 Å². The second-order valence-corrected chi connectivity index (χ2v) is 3.41. The smallest absolute Gasteiger partial charge is 0.323 e. The van der Waals surface area contributed by atoms with Crippen molar-refractivity contribution in [2.45, 2.75) is 32.8 Å². The second kappa shape index (κ2) is 6.51. The molecule has 1 nitrogen and oxygen atoms in total. The largest absolute Gasteiger partial charge is 0.345 e. The number of benzene rings is 1. The first kappa shape index (κ1) is 12.1. The van der Waals surface area contributed by atoms with Crippen LogP contribution < -0.4 is 0 Å². The lowest BCUT2D eigenvalue weighted by Gasteiger charge is -2.03. The molecule has 1 aromatic rings. The zero-order chi connectivity index (χ0) is 11.1. The van der Waals surface area contributed by atoms with Crippen molar-refractivity contribution in [2.24, 2.45) is 0 Å². The highest BCUT2D eigenvalue weighted by atomic mass is 19.3. The Bertz CT molecular complexity index is 269. The summed E-state index contributed by atoms with van der Waals surface area (Å²) in [4.78, 5) is 0. The van der Waals surface area contributed by atoms with Gasteiger partial charge in [-0.25, -0.2) is 0 Å². The Morgan fingerprint density at radius 1 is 1.13 bits per heavy atom. The lowest BCUT2D eigenvalue weighted by Crippen LogP contribution is -2.01. The van der Waals surface area contributed by atoms with Gasteiger partial charge < -0.3 is 4.74 Å². The zero-order valence-corrected chi connectivity index (χ0v) is 8.88. The minimum Gasteiger partial charge on any atom is -0.323 e. The Hall–Kier alpha value is -0.960. The Balaban J connectivity index is 2.25. The van der Waals surface area contributed by atoms with E-state index >= 15 is 0 Å². The molecule has 84 valence electrons. The molecule has 0 aliphatic carbocycles.